The topological polar surface area (TPSA) is 58.8 Å². The zero-order valence-electron chi connectivity index (χ0n) is 9.00. The third-order valence-electron chi connectivity index (χ3n) is 2.58. The molecule has 0 bridgehead atoms. The number of rotatable bonds is 2. The SMILES string of the molecule is Nc1ccc(N2CCON(C=O)CC2)cc1. The van der Waals surface area contributed by atoms with Crippen LogP contribution in [0.5, 0.6) is 0 Å². The van der Waals surface area contributed by atoms with Gasteiger partial charge in [-0.15, -0.1) is 0 Å². The molecule has 1 aromatic rings. The number of benzene rings is 1. The number of nitrogens with two attached hydrogens (primary N) is 1. The number of hydrogen-bond donors (Lipinski definition) is 1. The Hall–Kier alpha value is -1.75. The third kappa shape index (κ3) is 2.43. The number of carbonyl (C=O) groups is 1. The molecule has 0 saturated carbocycles. The molecule has 86 valence electrons. The average Bonchev–Trinajstić information content (AvgIpc) is 2.55. The predicted octanol–water partition coefficient (Wildman–Crippen LogP) is 0.479. The molecular formula is C11H15N3O2. The summed E-state index contributed by atoms with van der Waals surface area (Å²) in [4.78, 5) is 18.0. The van der Waals surface area contributed by atoms with E-state index in [0.29, 0.717) is 19.6 Å². The maximum atomic E-state index is 10.6. The van der Waals surface area contributed by atoms with Gasteiger partial charge in [-0.1, -0.05) is 0 Å². The van der Waals surface area contributed by atoms with Crippen LogP contribution >= 0.6 is 0 Å². The summed E-state index contributed by atoms with van der Waals surface area (Å²) in [7, 11) is 0. The van der Waals surface area contributed by atoms with Crippen molar-refractivity contribution in [2.75, 3.05) is 36.9 Å². The van der Waals surface area contributed by atoms with E-state index in [4.69, 9.17) is 10.6 Å². The summed E-state index contributed by atoms with van der Waals surface area (Å²) >= 11 is 0. The minimum Gasteiger partial charge on any atom is -0.399 e. The highest BCUT2D eigenvalue weighted by atomic mass is 16.7. The molecule has 2 N–H and O–H groups in total. The molecule has 1 aromatic carbocycles. The molecule has 0 spiro atoms. The number of hydrogen-bond acceptors (Lipinski definition) is 4. The van der Waals surface area contributed by atoms with Crippen molar-refractivity contribution in [1.82, 2.24) is 5.06 Å². The first kappa shape index (κ1) is 10.8. The molecule has 1 aliphatic heterocycles. The van der Waals surface area contributed by atoms with Gasteiger partial charge in [-0.25, -0.2) is 5.06 Å². The Morgan fingerprint density at radius 2 is 1.94 bits per heavy atom. The molecule has 5 nitrogen and oxygen atoms in total. The van der Waals surface area contributed by atoms with Crippen LogP contribution in [-0.2, 0) is 9.63 Å². The summed E-state index contributed by atoms with van der Waals surface area (Å²) in [5.41, 5.74) is 7.49. The lowest BCUT2D eigenvalue weighted by Gasteiger charge is -2.21. The Balaban J connectivity index is 2.04. The Morgan fingerprint density at radius 1 is 1.19 bits per heavy atom. The van der Waals surface area contributed by atoms with Crippen molar-refractivity contribution in [3.05, 3.63) is 24.3 Å². The number of anilines is 2. The fourth-order valence-electron chi connectivity index (χ4n) is 1.69. The van der Waals surface area contributed by atoms with E-state index in [1.54, 1.807) is 0 Å². The lowest BCUT2D eigenvalue weighted by molar-refractivity contribution is -0.166. The third-order valence-corrected chi connectivity index (χ3v) is 2.58. The Morgan fingerprint density at radius 3 is 2.62 bits per heavy atom. The van der Waals surface area contributed by atoms with Gasteiger partial charge in [-0.05, 0) is 24.3 Å². The van der Waals surface area contributed by atoms with Gasteiger partial charge in [0.25, 0.3) is 0 Å². The second-order valence-corrected chi connectivity index (χ2v) is 3.66. The number of nitrogens with zero attached hydrogens (tertiary/aromatic N) is 2. The molecule has 1 aliphatic rings. The standard InChI is InChI=1S/C11H15N3O2/c12-10-1-3-11(4-2-10)13-5-6-14(9-15)16-8-7-13/h1-4,9H,5-8,12H2. The van der Waals surface area contributed by atoms with Crippen molar-refractivity contribution in [2.45, 2.75) is 0 Å². The van der Waals surface area contributed by atoms with E-state index in [1.165, 1.54) is 5.06 Å². The molecule has 1 saturated heterocycles. The minimum absolute atomic E-state index is 0.517. The molecular weight excluding hydrogens is 206 g/mol. The van der Waals surface area contributed by atoms with Crippen LogP contribution in [0.4, 0.5) is 11.4 Å². The van der Waals surface area contributed by atoms with Gasteiger partial charge in [0.1, 0.15) is 0 Å². The van der Waals surface area contributed by atoms with Crippen molar-refractivity contribution >= 4 is 17.8 Å². The van der Waals surface area contributed by atoms with Gasteiger partial charge in [0.15, 0.2) is 0 Å². The Bertz CT molecular complexity index is 353. The summed E-state index contributed by atoms with van der Waals surface area (Å²) in [6, 6.07) is 7.70. The van der Waals surface area contributed by atoms with Crippen LogP contribution in [0.25, 0.3) is 0 Å². The lowest BCUT2D eigenvalue weighted by Crippen LogP contribution is -2.29. The van der Waals surface area contributed by atoms with Crippen LogP contribution in [-0.4, -0.2) is 37.7 Å². The van der Waals surface area contributed by atoms with E-state index in [0.717, 1.165) is 24.5 Å². The number of amides is 1. The maximum absolute atomic E-state index is 10.6. The van der Waals surface area contributed by atoms with Crippen molar-refractivity contribution in [3.8, 4) is 0 Å². The Labute approximate surface area is 94.3 Å². The summed E-state index contributed by atoms with van der Waals surface area (Å²) in [5, 5.41) is 1.33. The largest absolute Gasteiger partial charge is 0.399 e. The quantitative estimate of drug-likeness (QED) is 0.583. The first-order valence-electron chi connectivity index (χ1n) is 5.25. The molecule has 0 aliphatic carbocycles. The zero-order valence-corrected chi connectivity index (χ0v) is 9.00. The van der Waals surface area contributed by atoms with E-state index in [1.807, 2.05) is 24.3 Å². The van der Waals surface area contributed by atoms with Crippen molar-refractivity contribution < 1.29 is 9.63 Å². The van der Waals surface area contributed by atoms with Gasteiger partial charge in [0, 0.05) is 24.5 Å². The first-order chi connectivity index (χ1) is 7.79. The Kier molecular flexibility index (Phi) is 3.26. The molecule has 1 fully saturated rings. The summed E-state index contributed by atoms with van der Waals surface area (Å²) in [5.74, 6) is 0. The molecule has 5 heteroatoms. The van der Waals surface area contributed by atoms with Crippen molar-refractivity contribution in [3.63, 3.8) is 0 Å². The summed E-state index contributed by atoms with van der Waals surface area (Å²) in [6.07, 6.45) is 0.715. The number of hydroxylamine groups is 2. The second kappa shape index (κ2) is 4.85. The molecule has 2 rings (SSSR count). The molecule has 0 radical (unpaired) electrons. The summed E-state index contributed by atoms with van der Waals surface area (Å²) in [6.45, 7) is 2.63. The maximum Gasteiger partial charge on any atom is 0.233 e. The fraction of sp³-hybridized carbons (Fsp3) is 0.364. The van der Waals surface area contributed by atoms with E-state index in [2.05, 4.69) is 4.90 Å². The van der Waals surface area contributed by atoms with Crippen LogP contribution in [0.15, 0.2) is 24.3 Å². The monoisotopic (exact) mass is 221 g/mol. The van der Waals surface area contributed by atoms with Crippen LogP contribution in [0.1, 0.15) is 0 Å². The van der Waals surface area contributed by atoms with E-state index >= 15 is 0 Å². The lowest BCUT2D eigenvalue weighted by atomic mass is 10.2. The molecule has 16 heavy (non-hydrogen) atoms. The highest BCUT2D eigenvalue weighted by Gasteiger charge is 2.14. The molecule has 1 amide bonds. The predicted molar refractivity (Wildman–Crippen MR) is 61.8 cm³/mol. The fourth-order valence-corrected chi connectivity index (χ4v) is 1.69. The van der Waals surface area contributed by atoms with Gasteiger partial charge in [-0.3, -0.25) is 9.63 Å². The molecule has 0 atom stereocenters. The highest BCUT2D eigenvalue weighted by Crippen LogP contribution is 2.17. The van der Waals surface area contributed by atoms with Gasteiger partial charge < -0.3 is 10.6 Å². The minimum atomic E-state index is 0.517. The number of nitrogen functional groups attached to an aromatic ring is 1. The van der Waals surface area contributed by atoms with Gasteiger partial charge in [-0.2, -0.15) is 0 Å². The van der Waals surface area contributed by atoms with Gasteiger partial charge in [0.2, 0.25) is 6.41 Å². The average molecular weight is 221 g/mol. The molecule has 0 unspecified atom stereocenters. The van der Waals surface area contributed by atoms with E-state index in [-0.39, 0.29) is 0 Å². The number of carbonyl (C=O) groups excluding carboxylic acids is 1. The summed E-state index contributed by atoms with van der Waals surface area (Å²) < 4.78 is 0. The van der Waals surface area contributed by atoms with Gasteiger partial charge in [0.05, 0.1) is 13.2 Å². The van der Waals surface area contributed by atoms with Gasteiger partial charge >= 0.3 is 0 Å². The molecule has 0 aromatic heterocycles. The van der Waals surface area contributed by atoms with Crippen LogP contribution < -0.4 is 10.6 Å². The van der Waals surface area contributed by atoms with Crippen LogP contribution in [0.3, 0.4) is 0 Å². The van der Waals surface area contributed by atoms with Crippen molar-refractivity contribution in [1.29, 1.82) is 0 Å². The first-order valence-corrected chi connectivity index (χ1v) is 5.25. The van der Waals surface area contributed by atoms with E-state index < -0.39 is 0 Å². The van der Waals surface area contributed by atoms with E-state index in [9.17, 15) is 4.79 Å². The molecule has 1 heterocycles. The van der Waals surface area contributed by atoms with Crippen LogP contribution in [0, 0.1) is 0 Å². The van der Waals surface area contributed by atoms with Crippen LogP contribution in [0.2, 0.25) is 0 Å². The second-order valence-electron chi connectivity index (χ2n) is 3.66. The smallest absolute Gasteiger partial charge is 0.233 e. The normalized spacial score (nSPS) is 17.0. The highest BCUT2D eigenvalue weighted by molar-refractivity contribution is 5.53. The van der Waals surface area contributed by atoms with Crippen molar-refractivity contribution in [2.24, 2.45) is 0 Å². The zero-order chi connectivity index (χ0) is 11.4.